The average Bonchev–Trinajstić information content (AvgIpc) is 2.65. The second-order valence-electron chi connectivity index (χ2n) is 4.53. The summed E-state index contributed by atoms with van der Waals surface area (Å²) in [5, 5.41) is 3.13. The van der Waals surface area contributed by atoms with Gasteiger partial charge in [-0.05, 0) is 26.0 Å². The van der Waals surface area contributed by atoms with E-state index in [2.05, 4.69) is 15.3 Å². The second-order valence-corrected chi connectivity index (χ2v) is 5.48. The zero-order valence-electron chi connectivity index (χ0n) is 9.47. The molecule has 3 nitrogen and oxygen atoms in total. The normalized spacial score (nSPS) is 11.7. The van der Waals surface area contributed by atoms with Crippen molar-refractivity contribution in [3.63, 3.8) is 0 Å². The summed E-state index contributed by atoms with van der Waals surface area (Å²) in [5.41, 5.74) is 7.80. The Morgan fingerprint density at radius 3 is 2.88 bits per heavy atom. The van der Waals surface area contributed by atoms with E-state index in [0.717, 1.165) is 22.7 Å². The van der Waals surface area contributed by atoms with Crippen molar-refractivity contribution in [1.82, 2.24) is 9.97 Å². The van der Waals surface area contributed by atoms with Crippen molar-refractivity contribution in [2.45, 2.75) is 25.8 Å². The molecule has 2 rings (SSSR count). The summed E-state index contributed by atoms with van der Waals surface area (Å²) >= 11 is 1.65. The van der Waals surface area contributed by atoms with Crippen LogP contribution in [-0.4, -0.2) is 15.5 Å². The Bertz CT molecular complexity index is 457. The lowest BCUT2D eigenvalue weighted by molar-refractivity contribution is 0.515. The smallest absolute Gasteiger partial charge is 0.0950 e. The predicted octanol–water partition coefficient (Wildman–Crippen LogP) is 2.48. The van der Waals surface area contributed by atoms with Crippen LogP contribution in [-0.2, 0) is 6.42 Å². The number of hydrogen-bond donors (Lipinski definition) is 1. The summed E-state index contributed by atoms with van der Waals surface area (Å²) in [5.74, 6) is 0. The molecule has 2 heterocycles. The molecule has 0 saturated heterocycles. The molecule has 84 valence electrons. The van der Waals surface area contributed by atoms with Crippen LogP contribution in [0, 0.1) is 0 Å². The van der Waals surface area contributed by atoms with E-state index in [-0.39, 0.29) is 5.54 Å². The van der Waals surface area contributed by atoms with E-state index < -0.39 is 0 Å². The van der Waals surface area contributed by atoms with Crippen molar-refractivity contribution >= 4 is 11.3 Å². The minimum atomic E-state index is -0.204. The van der Waals surface area contributed by atoms with E-state index in [0.29, 0.717) is 0 Å². The minimum Gasteiger partial charge on any atom is -0.325 e. The highest BCUT2D eigenvalue weighted by molar-refractivity contribution is 7.09. The number of aromatic nitrogens is 2. The quantitative estimate of drug-likeness (QED) is 0.886. The van der Waals surface area contributed by atoms with Gasteiger partial charge in [-0.2, -0.15) is 0 Å². The molecular formula is C12H15N3S. The maximum atomic E-state index is 5.97. The van der Waals surface area contributed by atoms with E-state index >= 15 is 0 Å². The first-order valence-corrected chi connectivity index (χ1v) is 6.06. The summed E-state index contributed by atoms with van der Waals surface area (Å²) in [7, 11) is 0. The lowest BCUT2D eigenvalue weighted by Crippen LogP contribution is -2.34. The van der Waals surface area contributed by atoms with Gasteiger partial charge in [0.1, 0.15) is 0 Å². The van der Waals surface area contributed by atoms with Crippen molar-refractivity contribution in [3.8, 4) is 11.3 Å². The van der Waals surface area contributed by atoms with Crippen LogP contribution in [0.5, 0.6) is 0 Å². The predicted molar refractivity (Wildman–Crippen MR) is 67.3 cm³/mol. The highest BCUT2D eigenvalue weighted by atomic mass is 32.1. The molecule has 2 N–H and O–H groups in total. The lowest BCUT2D eigenvalue weighted by Gasteiger charge is -2.15. The third-order valence-electron chi connectivity index (χ3n) is 2.12. The first kappa shape index (κ1) is 11.2. The van der Waals surface area contributed by atoms with Gasteiger partial charge in [-0.1, -0.05) is 0 Å². The van der Waals surface area contributed by atoms with Gasteiger partial charge in [0.2, 0.25) is 0 Å². The maximum Gasteiger partial charge on any atom is 0.0950 e. The van der Waals surface area contributed by atoms with E-state index in [1.54, 1.807) is 17.5 Å². The molecule has 0 fully saturated rings. The Balaban J connectivity index is 2.21. The molecule has 0 aliphatic carbocycles. The Hall–Kier alpha value is -1.26. The van der Waals surface area contributed by atoms with E-state index in [4.69, 9.17) is 5.73 Å². The SMILES string of the molecule is CC(C)(N)Cc1nc(-c2cccnc2)cs1. The van der Waals surface area contributed by atoms with Crippen LogP contribution < -0.4 is 5.73 Å². The fourth-order valence-electron chi connectivity index (χ4n) is 1.43. The molecule has 0 saturated carbocycles. The molecule has 0 radical (unpaired) electrons. The standard InChI is InChI=1S/C12H15N3S/c1-12(2,13)6-11-15-10(8-16-11)9-4-3-5-14-7-9/h3-5,7-8H,6,13H2,1-2H3. The third-order valence-corrected chi connectivity index (χ3v) is 2.96. The molecule has 0 spiro atoms. The van der Waals surface area contributed by atoms with Gasteiger partial charge in [0.05, 0.1) is 10.7 Å². The molecule has 0 aliphatic rings. The molecule has 0 amide bonds. The zero-order valence-corrected chi connectivity index (χ0v) is 10.3. The Labute approximate surface area is 99.4 Å². The second kappa shape index (κ2) is 4.31. The number of thiazole rings is 1. The topological polar surface area (TPSA) is 51.8 Å². The molecular weight excluding hydrogens is 218 g/mol. The fourth-order valence-corrected chi connectivity index (χ4v) is 2.47. The number of hydrogen-bond acceptors (Lipinski definition) is 4. The molecule has 0 aliphatic heterocycles. The van der Waals surface area contributed by atoms with Crippen molar-refractivity contribution < 1.29 is 0 Å². The van der Waals surface area contributed by atoms with Crippen molar-refractivity contribution in [2.75, 3.05) is 0 Å². The Morgan fingerprint density at radius 1 is 1.44 bits per heavy atom. The first-order valence-electron chi connectivity index (χ1n) is 5.18. The highest BCUT2D eigenvalue weighted by Gasteiger charge is 2.14. The molecule has 0 atom stereocenters. The van der Waals surface area contributed by atoms with Gasteiger partial charge in [-0.3, -0.25) is 4.98 Å². The minimum absolute atomic E-state index is 0.204. The third kappa shape index (κ3) is 2.87. The molecule has 4 heteroatoms. The Kier molecular flexibility index (Phi) is 3.03. The molecule has 2 aromatic rings. The van der Waals surface area contributed by atoms with E-state index in [1.807, 2.05) is 32.2 Å². The average molecular weight is 233 g/mol. The van der Waals surface area contributed by atoms with Gasteiger partial charge >= 0.3 is 0 Å². The molecule has 16 heavy (non-hydrogen) atoms. The van der Waals surface area contributed by atoms with Crippen LogP contribution in [0.25, 0.3) is 11.3 Å². The Morgan fingerprint density at radius 2 is 2.25 bits per heavy atom. The van der Waals surface area contributed by atoms with Gasteiger partial charge in [0, 0.05) is 35.3 Å². The van der Waals surface area contributed by atoms with Gasteiger partial charge in [0.25, 0.3) is 0 Å². The largest absolute Gasteiger partial charge is 0.325 e. The van der Waals surface area contributed by atoms with Crippen molar-refractivity contribution in [3.05, 3.63) is 34.9 Å². The van der Waals surface area contributed by atoms with Crippen LogP contribution >= 0.6 is 11.3 Å². The summed E-state index contributed by atoms with van der Waals surface area (Å²) in [6.07, 6.45) is 4.39. The fraction of sp³-hybridized carbons (Fsp3) is 0.333. The van der Waals surface area contributed by atoms with E-state index in [1.165, 1.54) is 0 Å². The van der Waals surface area contributed by atoms with Crippen LogP contribution in [0.2, 0.25) is 0 Å². The number of nitrogens with two attached hydrogens (primary N) is 1. The van der Waals surface area contributed by atoms with Crippen molar-refractivity contribution in [1.29, 1.82) is 0 Å². The number of rotatable bonds is 3. The summed E-state index contributed by atoms with van der Waals surface area (Å²) in [4.78, 5) is 8.65. The van der Waals surface area contributed by atoms with Gasteiger partial charge < -0.3 is 5.73 Å². The number of nitrogens with zero attached hydrogens (tertiary/aromatic N) is 2. The summed E-state index contributed by atoms with van der Waals surface area (Å²) in [6.45, 7) is 4.02. The summed E-state index contributed by atoms with van der Waals surface area (Å²) in [6, 6.07) is 3.93. The van der Waals surface area contributed by atoms with Crippen LogP contribution in [0.1, 0.15) is 18.9 Å². The molecule has 0 aromatic carbocycles. The monoisotopic (exact) mass is 233 g/mol. The van der Waals surface area contributed by atoms with Crippen LogP contribution in [0.15, 0.2) is 29.9 Å². The summed E-state index contributed by atoms with van der Waals surface area (Å²) < 4.78 is 0. The molecule has 0 unspecified atom stereocenters. The van der Waals surface area contributed by atoms with Gasteiger partial charge in [0.15, 0.2) is 0 Å². The van der Waals surface area contributed by atoms with Gasteiger partial charge in [-0.25, -0.2) is 4.98 Å². The van der Waals surface area contributed by atoms with E-state index in [9.17, 15) is 0 Å². The first-order chi connectivity index (χ1) is 7.54. The van der Waals surface area contributed by atoms with Crippen molar-refractivity contribution in [2.24, 2.45) is 5.73 Å². The molecule has 2 aromatic heterocycles. The molecule has 0 bridgehead atoms. The lowest BCUT2D eigenvalue weighted by atomic mass is 10.0. The number of pyridine rings is 1. The van der Waals surface area contributed by atoms with Crippen LogP contribution in [0.3, 0.4) is 0 Å². The van der Waals surface area contributed by atoms with Crippen LogP contribution in [0.4, 0.5) is 0 Å². The maximum absolute atomic E-state index is 5.97. The highest BCUT2D eigenvalue weighted by Crippen LogP contribution is 2.22. The van der Waals surface area contributed by atoms with Gasteiger partial charge in [-0.15, -0.1) is 11.3 Å². The zero-order chi connectivity index (χ0) is 11.6.